The van der Waals surface area contributed by atoms with Crippen molar-refractivity contribution in [3.05, 3.63) is 16.5 Å². The molecule has 0 aliphatic carbocycles. The third-order valence-corrected chi connectivity index (χ3v) is 1.56. The minimum absolute atomic E-state index is 0.0472. The Morgan fingerprint density at radius 1 is 1.75 bits per heavy atom. The Bertz CT molecular complexity index is 275. The van der Waals surface area contributed by atoms with E-state index in [1.165, 1.54) is 0 Å². The van der Waals surface area contributed by atoms with Crippen LogP contribution in [0.25, 0.3) is 0 Å². The summed E-state index contributed by atoms with van der Waals surface area (Å²) in [7, 11) is 0. The van der Waals surface area contributed by atoms with Crippen molar-refractivity contribution in [2.24, 2.45) is 0 Å². The molecule has 0 aliphatic heterocycles. The number of hydrogen-bond acceptors (Lipinski definition) is 4. The molecule has 5 heteroatoms. The zero-order valence-corrected chi connectivity index (χ0v) is 7.51. The second-order valence-electron chi connectivity index (χ2n) is 2.13. The van der Waals surface area contributed by atoms with Crippen LogP contribution in [-0.4, -0.2) is 17.7 Å². The molecule has 1 aromatic heterocycles. The first kappa shape index (κ1) is 9.06. The molecule has 0 radical (unpaired) electrons. The van der Waals surface area contributed by atoms with Gasteiger partial charge in [-0.25, -0.2) is 4.79 Å². The number of aromatic nitrogens is 1. The maximum atomic E-state index is 11.1. The van der Waals surface area contributed by atoms with Crippen molar-refractivity contribution in [3.63, 3.8) is 0 Å². The van der Waals surface area contributed by atoms with Gasteiger partial charge in [-0.1, -0.05) is 16.8 Å². The fourth-order valence-electron chi connectivity index (χ4n) is 0.776. The van der Waals surface area contributed by atoms with E-state index < -0.39 is 5.97 Å². The van der Waals surface area contributed by atoms with Crippen molar-refractivity contribution < 1.29 is 14.1 Å². The second kappa shape index (κ2) is 3.58. The lowest BCUT2D eigenvalue weighted by Crippen LogP contribution is -2.05. The van der Waals surface area contributed by atoms with Crippen molar-refractivity contribution in [1.29, 1.82) is 0 Å². The molecule has 0 saturated heterocycles. The minimum atomic E-state index is -0.499. The lowest BCUT2D eigenvalue weighted by molar-refractivity contribution is 0.0524. The van der Waals surface area contributed by atoms with Gasteiger partial charge in [0.2, 0.25) is 0 Å². The number of halogens is 1. The lowest BCUT2D eigenvalue weighted by atomic mass is 10.3. The molecule has 0 saturated carbocycles. The average molecular weight is 190 g/mol. The summed E-state index contributed by atoms with van der Waals surface area (Å²) in [6, 6.07) is 0. The Kier molecular flexibility index (Phi) is 2.70. The summed E-state index contributed by atoms with van der Waals surface area (Å²) in [6.45, 7) is 3.62. The summed E-state index contributed by atoms with van der Waals surface area (Å²) in [5.41, 5.74) is 0.207. The Labute approximate surface area is 74.4 Å². The summed E-state index contributed by atoms with van der Waals surface area (Å²) < 4.78 is 9.40. The maximum absolute atomic E-state index is 11.1. The van der Waals surface area contributed by atoms with Crippen LogP contribution in [-0.2, 0) is 4.74 Å². The molecule has 0 unspecified atom stereocenters. The zero-order valence-electron chi connectivity index (χ0n) is 6.76. The van der Waals surface area contributed by atoms with Gasteiger partial charge < -0.3 is 9.26 Å². The molecule has 0 amide bonds. The molecule has 0 N–H and O–H groups in total. The van der Waals surface area contributed by atoms with Gasteiger partial charge in [0.15, 0.2) is 5.15 Å². The van der Waals surface area contributed by atoms with E-state index in [1.807, 2.05) is 0 Å². The average Bonchev–Trinajstić information content (AvgIpc) is 2.32. The quantitative estimate of drug-likeness (QED) is 0.666. The Morgan fingerprint density at radius 3 is 2.83 bits per heavy atom. The van der Waals surface area contributed by atoms with Gasteiger partial charge >= 0.3 is 5.97 Å². The van der Waals surface area contributed by atoms with Crippen molar-refractivity contribution in [3.8, 4) is 0 Å². The van der Waals surface area contributed by atoms with Gasteiger partial charge in [-0.2, -0.15) is 0 Å². The van der Waals surface area contributed by atoms with Gasteiger partial charge in [0.05, 0.1) is 6.61 Å². The van der Waals surface area contributed by atoms with Crippen molar-refractivity contribution >= 4 is 17.6 Å². The molecule has 1 rings (SSSR count). The summed E-state index contributed by atoms with van der Waals surface area (Å²) in [6.07, 6.45) is 0. The highest BCUT2D eigenvalue weighted by atomic mass is 35.5. The molecule has 0 spiro atoms. The fourth-order valence-corrected chi connectivity index (χ4v) is 1.02. The highest BCUT2D eigenvalue weighted by molar-refractivity contribution is 6.32. The van der Waals surface area contributed by atoms with Gasteiger partial charge in [0.1, 0.15) is 11.3 Å². The van der Waals surface area contributed by atoms with E-state index in [2.05, 4.69) is 9.68 Å². The van der Waals surface area contributed by atoms with Crippen LogP contribution >= 0.6 is 11.6 Å². The molecular weight excluding hydrogens is 182 g/mol. The fraction of sp³-hybridized carbons (Fsp3) is 0.429. The number of aryl methyl sites for hydroxylation is 1. The lowest BCUT2D eigenvalue weighted by Gasteiger charge is -1.97. The van der Waals surface area contributed by atoms with Crippen LogP contribution in [0, 0.1) is 6.92 Å². The molecule has 66 valence electrons. The van der Waals surface area contributed by atoms with Gasteiger partial charge in [-0.15, -0.1) is 0 Å². The summed E-state index contributed by atoms with van der Waals surface area (Å²) in [5.74, 6) is -0.125. The third-order valence-electron chi connectivity index (χ3n) is 1.30. The first-order chi connectivity index (χ1) is 5.66. The summed E-state index contributed by atoms with van der Waals surface area (Å²) in [5, 5.41) is 3.46. The minimum Gasteiger partial charge on any atom is -0.462 e. The standard InChI is InChI=1S/C7H8ClNO3/c1-3-11-7(10)5-4(2)12-9-6(5)8/h3H2,1-2H3. The van der Waals surface area contributed by atoms with Crippen LogP contribution in [0.15, 0.2) is 4.52 Å². The van der Waals surface area contributed by atoms with E-state index in [0.717, 1.165) is 0 Å². The molecule has 1 aromatic rings. The Balaban J connectivity index is 2.93. The number of carbonyl (C=O) groups is 1. The third kappa shape index (κ3) is 1.58. The van der Waals surface area contributed by atoms with E-state index in [-0.39, 0.29) is 10.7 Å². The number of esters is 1. The maximum Gasteiger partial charge on any atom is 0.344 e. The second-order valence-corrected chi connectivity index (χ2v) is 2.48. The summed E-state index contributed by atoms with van der Waals surface area (Å²) >= 11 is 5.57. The van der Waals surface area contributed by atoms with Crippen LogP contribution in [0.4, 0.5) is 0 Å². The highest BCUT2D eigenvalue weighted by Gasteiger charge is 2.19. The monoisotopic (exact) mass is 189 g/mol. The molecule has 1 heterocycles. The Morgan fingerprint density at radius 2 is 2.42 bits per heavy atom. The van der Waals surface area contributed by atoms with Crippen molar-refractivity contribution in [2.75, 3.05) is 6.61 Å². The smallest absolute Gasteiger partial charge is 0.344 e. The van der Waals surface area contributed by atoms with Gasteiger partial charge in [-0.05, 0) is 13.8 Å². The number of ether oxygens (including phenoxy) is 1. The zero-order chi connectivity index (χ0) is 9.14. The van der Waals surface area contributed by atoms with E-state index in [9.17, 15) is 4.79 Å². The van der Waals surface area contributed by atoms with E-state index >= 15 is 0 Å². The molecule has 0 atom stereocenters. The molecule has 0 aromatic carbocycles. The predicted octanol–water partition coefficient (Wildman–Crippen LogP) is 1.81. The van der Waals surface area contributed by atoms with Crippen LogP contribution in [0.1, 0.15) is 23.0 Å². The summed E-state index contributed by atoms with van der Waals surface area (Å²) in [4.78, 5) is 11.1. The molecule has 4 nitrogen and oxygen atoms in total. The number of carbonyl (C=O) groups excluding carboxylic acids is 1. The molecular formula is C7H8ClNO3. The Hall–Kier alpha value is -1.03. The van der Waals surface area contributed by atoms with Gasteiger partial charge in [0.25, 0.3) is 0 Å². The van der Waals surface area contributed by atoms with Crippen molar-refractivity contribution in [1.82, 2.24) is 5.16 Å². The SMILES string of the molecule is CCOC(=O)c1c(Cl)noc1C. The molecule has 0 fully saturated rings. The molecule has 0 aliphatic rings. The molecule has 12 heavy (non-hydrogen) atoms. The number of rotatable bonds is 2. The van der Waals surface area contributed by atoms with Crippen LogP contribution < -0.4 is 0 Å². The normalized spacial score (nSPS) is 9.92. The predicted molar refractivity (Wildman–Crippen MR) is 42.2 cm³/mol. The number of nitrogens with zero attached hydrogens (tertiary/aromatic N) is 1. The largest absolute Gasteiger partial charge is 0.462 e. The van der Waals surface area contributed by atoms with E-state index in [1.54, 1.807) is 13.8 Å². The number of hydrogen-bond donors (Lipinski definition) is 0. The van der Waals surface area contributed by atoms with E-state index in [0.29, 0.717) is 12.4 Å². The van der Waals surface area contributed by atoms with Gasteiger partial charge in [0, 0.05) is 0 Å². The van der Waals surface area contributed by atoms with E-state index in [4.69, 9.17) is 16.3 Å². The first-order valence-electron chi connectivity index (χ1n) is 3.45. The van der Waals surface area contributed by atoms with Crippen LogP contribution in [0.5, 0.6) is 0 Å². The van der Waals surface area contributed by atoms with Crippen LogP contribution in [0.3, 0.4) is 0 Å². The van der Waals surface area contributed by atoms with Crippen molar-refractivity contribution in [2.45, 2.75) is 13.8 Å². The van der Waals surface area contributed by atoms with Crippen LogP contribution in [0.2, 0.25) is 5.15 Å². The highest BCUT2D eigenvalue weighted by Crippen LogP contribution is 2.18. The molecule has 0 bridgehead atoms. The van der Waals surface area contributed by atoms with Gasteiger partial charge in [-0.3, -0.25) is 0 Å². The topological polar surface area (TPSA) is 52.3 Å². The first-order valence-corrected chi connectivity index (χ1v) is 3.83.